The number of rotatable bonds is 7. The second kappa shape index (κ2) is 7.54. The van der Waals surface area contributed by atoms with Crippen molar-refractivity contribution in [3.63, 3.8) is 0 Å². The molecule has 1 rings (SSSR count). The summed E-state index contributed by atoms with van der Waals surface area (Å²) in [5.74, 6) is 0. The topological polar surface area (TPSA) is 49.4 Å². The maximum atomic E-state index is 12.6. The molecule has 1 aromatic rings. The number of halogens is 1. The Morgan fingerprint density at radius 2 is 2.00 bits per heavy atom. The van der Waals surface area contributed by atoms with Gasteiger partial charge in [0.25, 0.3) is 0 Å². The molecular weight excluding hydrogens is 340 g/mol. The summed E-state index contributed by atoms with van der Waals surface area (Å²) in [5, 5.41) is 3.05. The molecule has 0 spiro atoms. The molecule has 0 fully saturated rings. The van der Waals surface area contributed by atoms with E-state index in [9.17, 15) is 8.42 Å². The van der Waals surface area contributed by atoms with Gasteiger partial charge >= 0.3 is 0 Å². The standard InChI is InChI=1S/C14H23BrN2O2S/c1-5-6-7-17(4)20(18,19)13-9-12(10-16-3)8-11(2)14(13)15/h8-9,16H,5-7,10H2,1-4H3. The number of hydrogen-bond donors (Lipinski definition) is 1. The van der Waals surface area contributed by atoms with Crippen LogP contribution < -0.4 is 5.32 Å². The molecule has 6 heteroatoms. The van der Waals surface area contributed by atoms with Gasteiger partial charge in [-0.3, -0.25) is 0 Å². The van der Waals surface area contributed by atoms with Gasteiger partial charge in [0.15, 0.2) is 0 Å². The Hall–Kier alpha value is -0.430. The van der Waals surface area contributed by atoms with Crippen LogP contribution in [0.1, 0.15) is 30.9 Å². The number of unbranched alkanes of at least 4 members (excludes halogenated alkanes) is 1. The molecule has 4 nitrogen and oxygen atoms in total. The second-order valence-electron chi connectivity index (χ2n) is 4.94. The Labute approximate surface area is 130 Å². The van der Waals surface area contributed by atoms with Crippen molar-refractivity contribution in [1.29, 1.82) is 0 Å². The van der Waals surface area contributed by atoms with E-state index in [2.05, 4.69) is 21.2 Å². The molecule has 20 heavy (non-hydrogen) atoms. The van der Waals surface area contributed by atoms with Crippen molar-refractivity contribution >= 4 is 26.0 Å². The lowest BCUT2D eigenvalue weighted by Gasteiger charge is -2.19. The molecule has 0 saturated carbocycles. The van der Waals surface area contributed by atoms with Gasteiger partial charge in [0.2, 0.25) is 10.0 Å². The number of sulfonamides is 1. The van der Waals surface area contributed by atoms with Crippen LogP contribution in [-0.4, -0.2) is 33.4 Å². The summed E-state index contributed by atoms with van der Waals surface area (Å²) >= 11 is 3.41. The van der Waals surface area contributed by atoms with Crippen LogP contribution in [0.15, 0.2) is 21.5 Å². The first-order valence-electron chi connectivity index (χ1n) is 6.74. The van der Waals surface area contributed by atoms with Gasteiger partial charge in [0.1, 0.15) is 0 Å². The van der Waals surface area contributed by atoms with Crippen molar-refractivity contribution in [1.82, 2.24) is 9.62 Å². The molecule has 1 aromatic carbocycles. The second-order valence-corrected chi connectivity index (χ2v) is 7.74. The third-order valence-corrected chi connectivity index (χ3v) is 6.37. The highest BCUT2D eigenvalue weighted by Crippen LogP contribution is 2.29. The zero-order chi connectivity index (χ0) is 15.3. The molecule has 114 valence electrons. The first-order chi connectivity index (χ1) is 9.34. The molecule has 0 aliphatic rings. The lowest BCUT2D eigenvalue weighted by Crippen LogP contribution is -2.28. The van der Waals surface area contributed by atoms with E-state index in [0.29, 0.717) is 22.5 Å². The Morgan fingerprint density at radius 1 is 1.35 bits per heavy atom. The minimum Gasteiger partial charge on any atom is -0.316 e. The summed E-state index contributed by atoms with van der Waals surface area (Å²) in [6, 6.07) is 3.73. The molecule has 0 aromatic heterocycles. The van der Waals surface area contributed by atoms with Crippen LogP contribution in [0.25, 0.3) is 0 Å². The summed E-state index contributed by atoms with van der Waals surface area (Å²) in [4.78, 5) is 0.348. The van der Waals surface area contributed by atoms with Crippen LogP contribution in [-0.2, 0) is 16.6 Å². The maximum absolute atomic E-state index is 12.6. The van der Waals surface area contributed by atoms with Gasteiger partial charge in [0, 0.05) is 24.6 Å². The van der Waals surface area contributed by atoms with Gasteiger partial charge in [-0.15, -0.1) is 0 Å². The minimum absolute atomic E-state index is 0.348. The Bertz CT molecular complexity index is 559. The van der Waals surface area contributed by atoms with Crippen molar-refractivity contribution in [2.75, 3.05) is 20.6 Å². The lowest BCUT2D eigenvalue weighted by molar-refractivity contribution is 0.459. The highest BCUT2D eigenvalue weighted by atomic mass is 79.9. The Kier molecular flexibility index (Phi) is 6.64. The fourth-order valence-electron chi connectivity index (χ4n) is 1.97. The van der Waals surface area contributed by atoms with Gasteiger partial charge in [0.05, 0.1) is 4.90 Å². The predicted molar refractivity (Wildman–Crippen MR) is 86.4 cm³/mol. The summed E-state index contributed by atoms with van der Waals surface area (Å²) in [5.41, 5.74) is 1.90. The Morgan fingerprint density at radius 3 is 2.55 bits per heavy atom. The summed E-state index contributed by atoms with van der Waals surface area (Å²) < 4.78 is 27.4. The highest BCUT2D eigenvalue weighted by Gasteiger charge is 2.24. The maximum Gasteiger partial charge on any atom is 0.243 e. The zero-order valence-electron chi connectivity index (χ0n) is 12.5. The van der Waals surface area contributed by atoms with E-state index in [4.69, 9.17) is 0 Å². The summed E-state index contributed by atoms with van der Waals surface area (Å²) in [7, 11) is 0.0360. The third kappa shape index (κ3) is 4.04. The van der Waals surface area contributed by atoms with E-state index in [1.54, 1.807) is 13.1 Å². The molecule has 1 N–H and O–H groups in total. The predicted octanol–water partition coefficient (Wildman–Crippen LogP) is 2.90. The van der Waals surface area contributed by atoms with Crippen LogP contribution in [0, 0.1) is 6.92 Å². The molecule has 0 unspecified atom stereocenters. The van der Waals surface area contributed by atoms with E-state index in [1.807, 2.05) is 27.0 Å². The number of nitrogens with one attached hydrogen (secondary N) is 1. The molecule has 0 radical (unpaired) electrons. The van der Waals surface area contributed by atoms with Crippen molar-refractivity contribution in [2.24, 2.45) is 0 Å². The monoisotopic (exact) mass is 362 g/mol. The average molecular weight is 363 g/mol. The van der Waals surface area contributed by atoms with Gasteiger partial charge in [-0.1, -0.05) is 19.4 Å². The summed E-state index contributed by atoms with van der Waals surface area (Å²) in [6.45, 7) is 5.15. The van der Waals surface area contributed by atoms with Crippen molar-refractivity contribution in [2.45, 2.75) is 38.1 Å². The van der Waals surface area contributed by atoms with Crippen LogP contribution in [0.2, 0.25) is 0 Å². The van der Waals surface area contributed by atoms with Crippen molar-refractivity contribution in [3.8, 4) is 0 Å². The highest BCUT2D eigenvalue weighted by molar-refractivity contribution is 9.10. The molecular formula is C14H23BrN2O2S. The van der Waals surface area contributed by atoms with Crippen molar-refractivity contribution in [3.05, 3.63) is 27.7 Å². The van der Waals surface area contributed by atoms with Crippen LogP contribution in [0.5, 0.6) is 0 Å². The molecule has 0 amide bonds. The Balaban J connectivity index is 3.22. The lowest BCUT2D eigenvalue weighted by atomic mass is 10.1. The first-order valence-corrected chi connectivity index (χ1v) is 8.97. The van der Waals surface area contributed by atoms with Crippen LogP contribution in [0.3, 0.4) is 0 Å². The summed E-state index contributed by atoms with van der Waals surface area (Å²) in [6.07, 6.45) is 1.84. The minimum atomic E-state index is -3.45. The third-order valence-electron chi connectivity index (χ3n) is 3.18. The molecule has 0 bridgehead atoms. The van der Waals surface area contributed by atoms with Gasteiger partial charge in [-0.2, -0.15) is 0 Å². The molecule has 0 heterocycles. The molecule has 0 aliphatic carbocycles. The number of aryl methyl sites for hydroxylation is 1. The fraction of sp³-hybridized carbons (Fsp3) is 0.571. The van der Waals surface area contributed by atoms with E-state index >= 15 is 0 Å². The van der Waals surface area contributed by atoms with Crippen LogP contribution >= 0.6 is 15.9 Å². The normalized spacial score (nSPS) is 12.1. The van der Waals surface area contributed by atoms with E-state index in [-0.39, 0.29) is 0 Å². The molecule has 0 saturated heterocycles. The van der Waals surface area contributed by atoms with E-state index in [1.165, 1.54) is 4.31 Å². The number of nitrogens with zero attached hydrogens (tertiary/aromatic N) is 1. The van der Waals surface area contributed by atoms with E-state index in [0.717, 1.165) is 24.0 Å². The average Bonchev–Trinajstić information content (AvgIpc) is 2.39. The first kappa shape index (κ1) is 17.6. The van der Waals surface area contributed by atoms with Gasteiger partial charge in [-0.05, 0) is 53.5 Å². The van der Waals surface area contributed by atoms with Gasteiger partial charge < -0.3 is 5.32 Å². The van der Waals surface area contributed by atoms with E-state index < -0.39 is 10.0 Å². The molecule has 0 aliphatic heterocycles. The van der Waals surface area contributed by atoms with Crippen molar-refractivity contribution < 1.29 is 8.42 Å². The molecule has 0 atom stereocenters. The smallest absolute Gasteiger partial charge is 0.243 e. The zero-order valence-corrected chi connectivity index (χ0v) is 14.9. The fourth-order valence-corrected chi connectivity index (χ4v) is 4.21. The number of benzene rings is 1. The SMILES string of the molecule is CCCCN(C)S(=O)(=O)c1cc(CNC)cc(C)c1Br. The number of hydrogen-bond acceptors (Lipinski definition) is 3. The quantitative estimate of drug-likeness (QED) is 0.811. The van der Waals surface area contributed by atoms with Crippen LogP contribution in [0.4, 0.5) is 0 Å². The van der Waals surface area contributed by atoms with Gasteiger partial charge in [-0.25, -0.2) is 12.7 Å². The largest absolute Gasteiger partial charge is 0.316 e.